The van der Waals surface area contributed by atoms with Gasteiger partial charge in [0.2, 0.25) is 11.7 Å². The van der Waals surface area contributed by atoms with Gasteiger partial charge < -0.3 is 9.09 Å². The van der Waals surface area contributed by atoms with Gasteiger partial charge in [0.05, 0.1) is 0 Å². The monoisotopic (exact) mass is 255 g/mol. The second-order valence-electron chi connectivity index (χ2n) is 4.79. The molecule has 0 saturated heterocycles. The quantitative estimate of drug-likeness (QED) is 0.837. The van der Waals surface area contributed by atoms with E-state index in [1.165, 1.54) is 6.39 Å². The van der Waals surface area contributed by atoms with Crippen molar-refractivity contribution in [2.45, 2.75) is 39.2 Å². The van der Waals surface area contributed by atoms with Crippen LogP contribution < -0.4 is 0 Å². The summed E-state index contributed by atoms with van der Waals surface area (Å²) in [5.41, 5.74) is -0.0998. The molecule has 0 bridgehead atoms. The Labute approximate surface area is 104 Å². The van der Waals surface area contributed by atoms with Gasteiger partial charge in [-0.3, -0.25) is 0 Å². The van der Waals surface area contributed by atoms with Crippen molar-refractivity contribution in [2.75, 3.05) is 0 Å². The molecule has 0 amide bonds. The van der Waals surface area contributed by atoms with Crippen molar-refractivity contribution in [3.05, 3.63) is 23.3 Å². The second kappa shape index (κ2) is 4.44. The summed E-state index contributed by atoms with van der Waals surface area (Å²) in [6.45, 7) is 6.84. The molecule has 0 atom stereocenters. The number of nitrogens with zero attached hydrogens (tertiary/aromatic N) is 5. The van der Waals surface area contributed by atoms with Gasteiger partial charge in [0.15, 0.2) is 5.82 Å². The molecular formula is C10H14ClN5O. The highest BCUT2D eigenvalue weighted by atomic mass is 35.5. The molecule has 2 aromatic rings. The molecule has 0 aliphatic carbocycles. The highest BCUT2D eigenvalue weighted by Crippen LogP contribution is 2.22. The van der Waals surface area contributed by atoms with Crippen LogP contribution in [0, 0.1) is 0 Å². The molecule has 7 heteroatoms. The zero-order valence-electron chi connectivity index (χ0n) is 10.0. The predicted molar refractivity (Wildman–Crippen MR) is 61.7 cm³/mol. The number of hydrogen-bond acceptors (Lipinski definition) is 5. The van der Waals surface area contributed by atoms with E-state index >= 15 is 0 Å². The Kier molecular flexibility index (Phi) is 3.15. The van der Waals surface area contributed by atoms with Gasteiger partial charge in [-0.1, -0.05) is 25.9 Å². The maximum Gasteiger partial charge on any atom is 0.225 e. The van der Waals surface area contributed by atoms with Crippen molar-refractivity contribution >= 4 is 11.6 Å². The molecule has 0 aliphatic heterocycles. The van der Waals surface area contributed by atoms with Crippen LogP contribution in [0.15, 0.2) is 10.9 Å². The van der Waals surface area contributed by atoms with Gasteiger partial charge in [-0.15, -0.1) is 10.2 Å². The molecule has 0 aromatic carbocycles. The summed E-state index contributed by atoms with van der Waals surface area (Å²) in [6.07, 6.45) is 1.95. The van der Waals surface area contributed by atoms with Crippen LogP contribution >= 0.6 is 11.6 Å². The zero-order valence-corrected chi connectivity index (χ0v) is 10.8. The van der Waals surface area contributed by atoms with Crippen molar-refractivity contribution in [3.8, 4) is 0 Å². The van der Waals surface area contributed by atoms with Crippen LogP contribution in [0.5, 0.6) is 0 Å². The molecule has 2 heterocycles. The summed E-state index contributed by atoms with van der Waals surface area (Å²) in [4.78, 5) is 3.96. The maximum atomic E-state index is 6.02. The fourth-order valence-corrected chi connectivity index (χ4v) is 1.75. The highest BCUT2D eigenvalue weighted by molar-refractivity contribution is 6.28. The molecule has 0 unspecified atom stereocenters. The smallest absolute Gasteiger partial charge is 0.225 e. The first-order chi connectivity index (χ1) is 7.98. The van der Waals surface area contributed by atoms with Crippen LogP contribution in [0.25, 0.3) is 0 Å². The summed E-state index contributed by atoms with van der Waals surface area (Å²) in [5.74, 6) is 1.50. The maximum absolute atomic E-state index is 6.02. The molecule has 17 heavy (non-hydrogen) atoms. The van der Waals surface area contributed by atoms with Gasteiger partial charge in [0, 0.05) is 18.4 Å². The zero-order chi connectivity index (χ0) is 12.5. The Morgan fingerprint density at radius 1 is 1.35 bits per heavy atom. The second-order valence-corrected chi connectivity index (χ2v) is 5.13. The minimum absolute atomic E-state index is 0.0998. The lowest BCUT2D eigenvalue weighted by Crippen LogP contribution is -2.20. The fraction of sp³-hybridized carbons (Fsp3) is 0.600. The Balaban J connectivity index is 2.18. The van der Waals surface area contributed by atoms with Gasteiger partial charge >= 0.3 is 0 Å². The van der Waals surface area contributed by atoms with E-state index < -0.39 is 0 Å². The normalized spacial score (nSPS) is 12.0. The first kappa shape index (κ1) is 12.0. The first-order valence-corrected chi connectivity index (χ1v) is 5.70. The molecule has 0 spiro atoms. The first-order valence-electron chi connectivity index (χ1n) is 5.33. The number of rotatable bonds is 3. The Bertz CT molecular complexity index is 485. The summed E-state index contributed by atoms with van der Waals surface area (Å²) >= 11 is 6.02. The standard InChI is InChI=1S/C10H14ClN5O/c1-10(2,3)8-13-14-9(11)16(8)5-4-7-12-6-17-15-7/h6H,4-5H2,1-3H3. The van der Waals surface area contributed by atoms with E-state index in [1.54, 1.807) is 0 Å². The lowest BCUT2D eigenvalue weighted by molar-refractivity contribution is 0.407. The van der Waals surface area contributed by atoms with Crippen molar-refractivity contribution in [1.29, 1.82) is 0 Å². The molecule has 0 N–H and O–H groups in total. The molecule has 2 aromatic heterocycles. The van der Waals surface area contributed by atoms with Gasteiger partial charge in [-0.05, 0) is 11.6 Å². The molecule has 0 aliphatic rings. The molecule has 0 saturated carbocycles. The summed E-state index contributed by atoms with van der Waals surface area (Å²) in [6, 6.07) is 0. The molecule has 2 rings (SSSR count). The molecule has 0 fully saturated rings. The van der Waals surface area contributed by atoms with E-state index in [2.05, 4.69) is 45.6 Å². The summed E-state index contributed by atoms with van der Waals surface area (Å²) in [7, 11) is 0. The molecular weight excluding hydrogens is 242 g/mol. The third-order valence-corrected chi connectivity index (χ3v) is 2.62. The summed E-state index contributed by atoms with van der Waals surface area (Å²) in [5, 5.41) is 12.1. The Morgan fingerprint density at radius 2 is 2.12 bits per heavy atom. The Hall–Kier alpha value is -1.43. The molecule has 6 nitrogen and oxygen atoms in total. The van der Waals surface area contributed by atoms with Crippen molar-refractivity contribution in [1.82, 2.24) is 24.9 Å². The fourth-order valence-electron chi connectivity index (χ4n) is 1.55. The lowest BCUT2D eigenvalue weighted by atomic mass is 9.96. The van der Waals surface area contributed by atoms with E-state index in [0.717, 1.165) is 5.82 Å². The SMILES string of the molecule is CC(C)(C)c1nnc(Cl)n1CCc1ncon1. The van der Waals surface area contributed by atoms with Crippen molar-refractivity contribution in [3.63, 3.8) is 0 Å². The average molecular weight is 256 g/mol. The van der Waals surface area contributed by atoms with E-state index in [0.29, 0.717) is 24.1 Å². The van der Waals surface area contributed by atoms with Crippen LogP contribution in [0.3, 0.4) is 0 Å². The van der Waals surface area contributed by atoms with Crippen LogP contribution in [0.2, 0.25) is 5.28 Å². The number of aryl methyl sites for hydroxylation is 1. The topological polar surface area (TPSA) is 69.6 Å². The predicted octanol–water partition coefficient (Wildman–Crippen LogP) is 1.85. The third-order valence-electron chi connectivity index (χ3n) is 2.34. The number of halogens is 1. The molecule has 92 valence electrons. The highest BCUT2D eigenvalue weighted by Gasteiger charge is 2.23. The van der Waals surface area contributed by atoms with E-state index in [4.69, 9.17) is 11.6 Å². The van der Waals surface area contributed by atoms with Crippen LogP contribution in [0.1, 0.15) is 32.4 Å². The molecule has 0 radical (unpaired) electrons. The Morgan fingerprint density at radius 3 is 2.71 bits per heavy atom. The van der Waals surface area contributed by atoms with Gasteiger partial charge in [0.1, 0.15) is 5.82 Å². The van der Waals surface area contributed by atoms with Gasteiger partial charge in [-0.25, -0.2) is 0 Å². The number of hydrogen-bond donors (Lipinski definition) is 0. The van der Waals surface area contributed by atoms with Gasteiger partial charge in [0.25, 0.3) is 0 Å². The van der Waals surface area contributed by atoms with Crippen LogP contribution in [-0.2, 0) is 18.4 Å². The van der Waals surface area contributed by atoms with Crippen LogP contribution in [-0.4, -0.2) is 24.9 Å². The average Bonchev–Trinajstić information content (AvgIpc) is 2.83. The largest absolute Gasteiger partial charge is 0.343 e. The minimum Gasteiger partial charge on any atom is -0.343 e. The van der Waals surface area contributed by atoms with E-state index in [-0.39, 0.29) is 5.41 Å². The van der Waals surface area contributed by atoms with Crippen molar-refractivity contribution in [2.24, 2.45) is 0 Å². The summed E-state index contributed by atoms with van der Waals surface area (Å²) < 4.78 is 6.55. The van der Waals surface area contributed by atoms with Gasteiger partial charge in [-0.2, -0.15) is 4.98 Å². The number of aromatic nitrogens is 5. The lowest BCUT2D eigenvalue weighted by Gasteiger charge is -2.18. The minimum atomic E-state index is -0.0998. The van der Waals surface area contributed by atoms with Crippen molar-refractivity contribution < 1.29 is 4.52 Å². The third kappa shape index (κ3) is 2.63. The van der Waals surface area contributed by atoms with E-state index in [1.807, 2.05) is 4.57 Å². The van der Waals surface area contributed by atoms with E-state index in [9.17, 15) is 0 Å². The van der Waals surface area contributed by atoms with Crippen LogP contribution in [0.4, 0.5) is 0 Å².